The summed E-state index contributed by atoms with van der Waals surface area (Å²) < 4.78 is 0. The van der Waals surface area contributed by atoms with Crippen molar-refractivity contribution in [3.05, 3.63) is 54.9 Å². The highest BCUT2D eigenvalue weighted by Gasteiger charge is 2.29. The average molecular weight is 361 g/mol. The van der Waals surface area contributed by atoms with Crippen LogP contribution >= 0.6 is 0 Å². The van der Waals surface area contributed by atoms with Crippen LogP contribution in [0.1, 0.15) is 32.4 Å². The van der Waals surface area contributed by atoms with Gasteiger partial charge in [-0.05, 0) is 42.9 Å². The van der Waals surface area contributed by atoms with Gasteiger partial charge in [-0.1, -0.05) is 25.3 Å². The molecule has 0 aliphatic heterocycles. The quantitative estimate of drug-likeness (QED) is 0.775. The van der Waals surface area contributed by atoms with Gasteiger partial charge in [-0.25, -0.2) is 9.97 Å². The number of allylic oxidation sites excluding steroid dienone is 4. The molecule has 0 bridgehead atoms. The van der Waals surface area contributed by atoms with Crippen molar-refractivity contribution < 1.29 is 4.79 Å². The number of nitriles is 1. The molecular weight excluding hydrogens is 338 g/mol. The molecule has 1 aliphatic carbocycles. The van der Waals surface area contributed by atoms with Gasteiger partial charge in [0.15, 0.2) is 0 Å². The summed E-state index contributed by atoms with van der Waals surface area (Å²) >= 11 is 0. The number of nitrogens with one attached hydrogen (secondary N) is 1. The van der Waals surface area contributed by atoms with Crippen LogP contribution in [-0.4, -0.2) is 15.9 Å². The molecule has 0 saturated heterocycles. The Morgan fingerprint density at radius 3 is 2.59 bits per heavy atom. The number of fused-ring (bicyclic) bond motifs is 1. The third kappa shape index (κ3) is 4.79. The van der Waals surface area contributed by atoms with Crippen LogP contribution < -0.4 is 11.1 Å². The van der Waals surface area contributed by atoms with E-state index in [1.165, 1.54) is 6.92 Å². The van der Waals surface area contributed by atoms with Crippen molar-refractivity contribution in [2.45, 2.75) is 26.7 Å². The number of carbonyl (C=O) groups excluding carboxylic acids is 1. The van der Waals surface area contributed by atoms with Gasteiger partial charge in [0.2, 0.25) is 5.91 Å². The van der Waals surface area contributed by atoms with E-state index in [-0.39, 0.29) is 11.8 Å². The molecule has 0 atom stereocenters. The first-order valence-corrected chi connectivity index (χ1v) is 8.59. The van der Waals surface area contributed by atoms with Crippen LogP contribution in [0.25, 0.3) is 16.3 Å². The number of pyridine rings is 2. The van der Waals surface area contributed by atoms with Gasteiger partial charge in [-0.15, -0.1) is 0 Å². The molecule has 1 fully saturated rings. The first-order chi connectivity index (χ1) is 12.9. The van der Waals surface area contributed by atoms with E-state index in [9.17, 15) is 4.79 Å². The highest BCUT2D eigenvalue weighted by atomic mass is 16.2. The fourth-order valence-electron chi connectivity index (χ4n) is 2.53. The summed E-state index contributed by atoms with van der Waals surface area (Å²) in [7, 11) is 0. The Balaban J connectivity index is 0.000000817. The van der Waals surface area contributed by atoms with E-state index in [1.54, 1.807) is 24.4 Å². The van der Waals surface area contributed by atoms with Crippen molar-refractivity contribution in [2.24, 2.45) is 5.92 Å². The van der Waals surface area contributed by atoms with Crippen LogP contribution in [0.2, 0.25) is 0 Å². The highest BCUT2D eigenvalue weighted by molar-refractivity contribution is 5.98. The van der Waals surface area contributed by atoms with E-state index in [4.69, 9.17) is 11.0 Å². The number of anilines is 2. The second-order valence-corrected chi connectivity index (χ2v) is 6.18. The van der Waals surface area contributed by atoms with Gasteiger partial charge >= 0.3 is 0 Å². The van der Waals surface area contributed by atoms with Gasteiger partial charge < -0.3 is 11.1 Å². The van der Waals surface area contributed by atoms with Gasteiger partial charge in [0.1, 0.15) is 11.6 Å². The molecule has 6 nitrogen and oxygen atoms in total. The van der Waals surface area contributed by atoms with Crippen LogP contribution in [0, 0.1) is 17.2 Å². The van der Waals surface area contributed by atoms with Crippen LogP contribution in [0.3, 0.4) is 0 Å². The predicted molar refractivity (Wildman–Crippen MR) is 110 cm³/mol. The molecule has 3 rings (SSSR count). The molecule has 1 saturated carbocycles. The maximum Gasteiger partial charge on any atom is 0.228 e. The fraction of sp³-hybridized carbons (Fsp3) is 0.238. The van der Waals surface area contributed by atoms with Crippen molar-refractivity contribution in [1.29, 1.82) is 5.26 Å². The number of rotatable bonds is 5. The van der Waals surface area contributed by atoms with Crippen molar-refractivity contribution in [1.82, 2.24) is 9.97 Å². The molecule has 0 radical (unpaired) electrons. The zero-order valence-electron chi connectivity index (χ0n) is 15.6. The summed E-state index contributed by atoms with van der Waals surface area (Å²) in [5.74, 6) is 1.08. The lowest BCUT2D eigenvalue weighted by Crippen LogP contribution is -2.14. The van der Waals surface area contributed by atoms with Gasteiger partial charge in [0.05, 0.1) is 11.8 Å². The Morgan fingerprint density at radius 2 is 2.04 bits per heavy atom. The third-order valence-corrected chi connectivity index (χ3v) is 4.16. The molecule has 6 heteroatoms. The molecule has 27 heavy (non-hydrogen) atoms. The Hall–Kier alpha value is -3.46. The minimum Gasteiger partial charge on any atom is -0.383 e. The maximum absolute atomic E-state index is 11.9. The van der Waals surface area contributed by atoms with Crippen LogP contribution in [0.4, 0.5) is 11.6 Å². The van der Waals surface area contributed by atoms with Crippen molar-refractivity contribution >= 4 is 33.9 Å². The second-order valence-electron chi connectivity index (χ2n) is 6.18. The van der Waals surface area contributed by atoms with Gasteiger partial charge in [-0.3, -0.25) is 4.79 Å². The summed E-state index contributed by atoms with van der Waals surface area (Å²) in [6, 6.07) is 5.49. The number of hydrogen-bond acceptors (Lipinski definition) is 5. The number of aromatic nitrogens is 2. The van der Waals surface area contributed by atoms with E-state index in [1.807, 2.05) is 19.1 Å². The second kappa shape index (κ2) is 8.77. The maximum atomic E-state index is 11.9. The van der Waals surface area contributed by atoms with Gasteiger partial charge in [0.25, 0.3) is 0 Å². The molecule has 2 aromatic heterocycles. The summed E-state index contributed by atoms with van der Waals surface area (Å²) in [6.07, 6.45) is 7.04. The number of nitrogens with zero attached hydrogens (tertiary/aromatic N) is 3. The molecule has 3 N–H and O–H groups in total. The van der Waals surface area contributed by atoms with E-state index >= 15 is 0 Å². The summed E-state index contributed by atoms with van der Waals surface area (Å²) in [5.41, 5.74) is 8.64. The Labute approximate surface area is 159 Å². The minimum absolute atomic E-state index is 0.0262. The standard InChI is InChI=1S/C19H20N4O.C2H3N/c1-4-11(3)14(5-2)16-8-13-9-17(23-19(24)12-6-7-12)21-10-15(13)18(20)22-16;1-2-3/h4-5,8-10,12H,1-2,6-7H2,3H3,(H2,20,22)(H,21,23,24);1H3/b14-11+;. The molecule has 138 valence electrons. The Morgan fingerprint density at radius 1 is 1.37 bits per heavy atom. The normalized spacial score (nSPS) is 13.5. The van der Waals surface area contributed by atoms with Crippen LogP contribution in [0.15, 0.2) is 49.2 Å². The van der Waals surface area contributed by atoms with Crippen LogP contribution in [0.5, 0.6) is 0 Å². The summed E-state index contributed by atoms with van der Waals surface area (Å²) in [5, 5.41) is 11.8. The first-order valence-electron chi connectivity index (χ1n) is 8.59. The monoisotopic (exact) mass is 361 g/mol. The molecule has 2 heterocycles. The lowest BCUT2D eigenvalue weighted by Gasteiger charge is -2.10. The number of hydrogen-bond donors (Lipinski definition) is 2. The Kier molecular flexibility index (Phi) is 6.45. The molecular formula is C21H23N5O. The molecule has 1 amide bonds. The summed E-state index contributed by atoms with van der Waals surface area (Å²) in [6.45, 7) is 11.0. The van der Waals surface area contributed by atoms with Crippen molar-refractivity contribution in [3.8, 4) is 6.07 Å². The lowest BCUT2D eigenvalue weighted by molar-refractivity contribution is -0.117. The van der Waals surface area contributed by atoms with Gasteiger partial charge in [0, 0.05) is 30.0 Å². The highest BCUT2D eigenvalue weighted by Crippen LogP contribution is 2.31. The lowest BCUT2D eigenvalue weighted by atomic mass is 10.0. The first kappa shape index (κ1) is 19.9. The molecule has 0 unspecified atom stereocenters. The molecule has 2 aromatic rings. The molecule has 0 aromatic carbocycles. The SMILES string of the molecule is C=C/C(C)=C(\C=C)c1cc2cc(NC(=O)C3CC3)ncc2c(N)n1.CC#N. The van der Waals surface area contributed by atoms with E-state index < -0.39 is 0 Å². The number of amides is 1. The third-order valence-electron chi connectivity index (χ3n) is 4.16. The average Bonchev–Trinajstić information content (AvgIpc) is 3.48. The van der Waals surface area contributed by atoms with E-state index in [0.717, 1.165) is 40.5 Å². The summed E-state index contributed by atoms with van der Waals surface area (Å²) in [4.78, 5) is 20.6. The van der Waals surface area contributed by atoms with E-state index in [0.29, 0.717) is 11.6 Å². The largest absolute Gasteiger partial charge is 0.383 e. The smallest absolute Gasteiger partial charge is 0.228 e. The fourth-order valence-corrected chi connectivity index (χ4v) is 2.53. The minimum atomic E-state index is 0.0262. The number of nitrogens with two attached hydrogens (primary N) is 1. The van der Waals surface area contributed by atoms with Gasteiger partial charge in [-0.2, -0.15) is 5.26 Å². The van der Waals surface area contributed by atoms with Crippen molar-refractivity contribution in [2.75, 3.05) is 11.1 Å². The number of carbonyl (C=O) groups is 1. The Bertz CT molecular complexity index is 964. The zero-order valence-corrected chi connectivity index (χ0v) is 15.6. The van der Waals surface area contributed by atoms with E-state index in [2.05, 4.69) is 28.4 Å². The predicted octanol–water partition coefficient (Wildman–Crippen LogP) is 4.24. The molecule has 0 spiro atoms. The molecule has 1 aliphatic rings. The zero-order chi connectivity index (χ0) is 20.0. The van der Waals surface area contributed by atoms with Crippen LogP contribution in [-0.2, 0) is 4.79 Å². The number of nitrogen functional groups attached to an aromatic ring is 1. The topological polar surface area (TPSA) is 105 Å². The van der Waals surface area contributed by atoms with Crippen molar-refractivity contribution in [3.63, 3.8) is 0 Å².